The van der Waals surface area contributed by atoms with Crippen molar-refractivity contribution >= 4 is 5.91 Å². The van der Waals surface area contributed by atoms with Gasteiger partial charge in [0.2, 0.25) is 5.91 Å². The molecule has 1 aromatic rings. The molecule has 17 heavy (non-hydrogen) atoms. The summed E-state index contributed by atoms with van der Waals surface area (Å²) in [5.41, 5.74) is 3.60. The van der Waals surface area contributed by atoms with Gasteiger partial charge in [0, 0.05) is 13.0 Å². The summed E-state index contributed by atoms with van der Waals surface area (Å²) in [6, 6.07) is 4.18. The molecule has 1 amide bonds. The van der Waals surface area contributed by atoms with Crippen LogP contribution in [0.1, 0.15) is 30.0 Å². The van der Waals surface area contributed by atoms with E-state index in [0.717, 1.165) is 17.7 Å². The second kappa shape index (κ2) is 6.28. The van der Waals surface area contributed by atoms with E-state index in [9.17, 15) is 4.79 Å². The van der Waals surface area contributed by atoms with Crippen LogP contribution in [0, 0.1) is 13.8 Å². The number of nitrogens with one attached hydrogen (secondary N) is 1. The van der Waals surface area contributed by atoms with Crippen LogP contribution in [-0.2, 0) is 11.2 Å². The van der Waals surface area contributed by atoms with Crippen molar-refractivity contribution in [2.75, 3.05) is 13.7 Å². The highest BCUT2D eigenvalue weighted by atomic mass is 16.5. The van der Waals surface area contributed by atoms with Crippen molar-refractivity contribution in [2.24, 2.45) is 0 Å². The zero-order valence-electron chi connectivity index (χ0n) is 11.1. The van der Waals surface area contributed by atoms with Crippen LogP contribution in [0.15, 0.2) is 12.1 Å². The molecule has 0 aliphatic carbocycles. The molecule has 1 rings (SSSR count). The van der Waals surface area contributed by atoms with E-state index in [-0.39, 0.29) is 5.91 Å². The molecule has 0 aromatic heterocycles. The summed E-state index contributed by atoms with van der Waals surface area (Å²) in [6.07, 6.45) is 1.41. The zero-order valence-corrected chi connectivity index (χ0v) is 11.1. The summed E-state index contributed by atoms with van der Waals surface area (Å²) >= 11 is 0. The number of amides is 1. The lowest BCUT2D eigenvalue weighted by molar-refractivity contribution is -0.120. The lowest BCUT2D eigenvalue weighted by Crippen LogP contribution is -2.24. The lowest BCUT2D eigenvalue weighted by atomic mass is 10.0. The first kappa shape index (κ1) is 13.6. The smallest absolute Gasteiger partial charge is 0.219 e. The molecular formula is C14H21NO2. The molecule has 0 fully saturated rings. The predicted octanol–water partition coefficient (Wildman–Crippen LogP) is 2.38. The summed E-state index contributed by atoms with van der Waals surface area (Å²) < 4.78 is 5.27. The minimum atomic E-state index is 0.105. The van der Waals surface area contributed by atoms with Gasteiger partial charge in [-0.2, -0.15) is 0 Å². The van der Waals surface area contributed by atoms with Crippen molar-refractivity contribution in [3.63, 3.8) is 0 Å². The van der Waals surface area contributed by atoms with Crippen LogP contribution in [-0.4, -0.2) is 19.6 Å². The van der Waals surface area contributed by atoms with Gasteiger partial charge < -0.3 is 10.1 Å². The third kappa shape index (κ3) is 3.77. The van der Waals surface area contributed by atoms with Crippen molar-refractivity contribution in [3.05, 3.63) is 28.8 Å². The Morgan fingerprint density at radius 3 is 2.59 bits per heavy atom. The van der Waals surface area contributed by atoms with Crippen LogP contribution in [0.25, 0.3) is 0 Å². The molecule has 0 unspecified atom stereocenters. The van der Waals surface area contributed by atoms with Crippen LogP contribution < -0.4 is 10.1 Å². The second-order valence-electron chi connectivity index (χ2n) is 4.20. The van der Waals surface area contributed by atoms with Crippen molar-refractivity contribution in [2.45, 2.75) is 33.6 Å². The average molecular weight is 235 g/mol. The summed E-state index contributed by atoms with van der Waals surface area (Å²) in [7, 11) is 1.68. The third-order valence-electron chi connectivity index (χ3n) is 2.89. The Bertz CT molecular complexity index is 399. The fourth-order valence-electron chi connectivity index (χ4n) is 1.80. The molecule has 0 saturated carbocycles. The summed E-state index contributed by atoms with van der Waals surface area (Å²) in [4.78, 5) is 11.1. The molecule has 0 saturated heterocycles. The van der Waals surface area contributed by atoms with Crippen molar-refractivity contribution in [1.82, 2.24) is 5.32 Å². The third-order valence-corrected chi connectivity index (χ3v) is 2.89. The number of carbonyl (C=O) groups excluding carboxylic acids is 1. The predicted molar refractivity (Wildman–Crippen MR) is 69.5 cm³/mol. The SMILES string of the molecule is CCC(=O)NCCc1cc(C)c(OC)cc1C. The minimum absolute atomic E-state index is 0.105. The first-order chi connectivity index (χ1) is 8.08. The van der Waals surface area contributed by atoms with Crippen LogP contribution >= 0.6 is 0 Å². The van der Waals surface area contributed by atoms with Gasteiger partial charge in [0.05, 0.1) is 7.11 Å². The number of methoxy groups -OCH3 is 1. The Balaban J connectivity index is 2.65. The number of ether oxygens (including phenoxy) is 1. The van der Waals surface area contributed by atoms with Crippen molar-refractivity contribution in [3.8, 4) is 5.75 Å². The highest BCUT2D eigenvalue weighted by molar-refractivity contribution is 5.75. The van der Waals surface area contributed by atoms with Crippen molar-refractivity contribution < 1.29 is 9.53 Å². The fraction of sp³-hybridized carbons (Fsp3) is 0.500. The van der Waals surface area contributed by atoms with E-state index in [1.807, 2.05) is 19.9 Å². The molecule has 0 radical (unpaired) electrons. The number of aryl methyl sites for hydroxylation is 2. The summed E-state index contributed by atoms with van der Waals surface area (Å²) in [5, 5.41) is 2.89. The zero-order chi connectivity index (χ0) is 12.8. The van der Waals surface area contributed by atoms with Gasteiger partial charge >= 0.3 is 0 Å². The van der Waals surface area contributed by atoms with Gasteiger partial charge in [-0.1, -0.05) is 13.0 Å². The second-order valence-corrected chi connectivity index (χ2v) is 4.20. The quantitative estimate of drug-likeness (QED) is 0.851. The Morgan fingerprint density at radius 2 is 2.00 bits per heavy atom. The van der Waals surface area contributed by atoms with Gasteiger partial charge in [-0.25, -0.2) is 0 Å². The number of rotatable bonds is 5. The van der Waals surface area contributed by atoms with E-state index in [4.69, 9.17) is 4.74 Å². The largest absolute Gasteiger partial charge is 0.496 e. The molecule has 0 spiro atoms. The highest BCUT2D eigenvalue weighted by Crippen LogP contribution is 2.22. The first-order valence-corrected chi connectivity index (χ1v) is 5.99. The van der Waals surface area contributed by atoms with Crippen LogP contribution in [0.3, 0.4) is 0 Å². The van der Waals surface area contributed by atoms with E-state index in [2.05, 4.69) is 18.3 Å². The van der Waals surface area contributed by atoms with Crippen molar-refractivity contribution in [1.29, 1.82) is 0 Å². The fourth-order valence-corrected chi connectivity index (χ4v) is 1.80. The number of hydrogen-bond acceptors (Lipinski definition) is 2. The van der Waals surface area contributed by atoms with E-state index < -0.39 is 0 Å². The molecule has 0 atom stereocenters. The van der Waals surface area contributed by atoms with E-state index in [1.165, 1.54) is 11.1 Å². The van der Waals surface area contributed by atoms with Gasteiger partial charge in [-0.05, 0) is 43.0 Å². The molecule has 3 heteroatoms. The standard InChI is InChI=1S/C14H21NO2/c1-5-14(16)15-7-6-12-8-11(3)13(17-4)9-10(12)2/h8-9H,5-7H2,1-4H3,(H,15,16). The number of carbonyl (C=O) groups is 1. The normalized spacial score (nSPS) is 10.1. The minimum Gasteiger partial charge on any atom is -0.496 e. The van der Waals surface area contributed by atoms with Gasteiger partial charge in [-0.3, -0.25) is 4.79 Å². The highest BCUT2D eigenvalue weighted by Gasteiger charge is 2.05. The maximum absolute atomic E-state index is 11.1. The first-order valence-electron chi connectivity index (χ1n) is 5.99. The van der Waals surface area contributed by atoms with Gasteiger partial charge in [0.25, 0.3) is 0 Å². The molecule has 3 nitrogen and oxygen atoms in total. The Hall–Kier alpha value is -1.51. The van der Waals surface area contributed by atoms with Crippen LogP contribution in [0.2, 0.25) is 0 Å². The number of benzene rings is 1. The number of hydrogen-bond donors (Lipinski definition) is 1. The molecule has 94 valence electrons. The van der Waals surface area contributed by atoms with E-state index >= 15 is 0 Å². The van der Waals surface area contributed by atoms with Crippen LogP contribution in [0.4, 0.5) is 0 Å². The maximum atomic E-state index is 11.1. The van der Waals surface area contributed by atoms with E-state index in [1.54, 1.807) is 7.11 Å². The molecule has 0 aliphatic rings. The maximum Gasteiger partial charge on any atom is 0.219 e. The average Bonchev–Trinajstić information content (AvgIpc) is 2.32. The van der Waals surface area contributed by atoms with Gasteiger partial charge in [0.15, 0.2) is 0 Å². The monoisotopic (exact) mass is 235 g/mol. The Kier molecular flexibility index (Phi) is 5.01. The van der Waals surface area contributed by atoms with E-state index in [0.29, 0.717) is 13.0 Å². The molecule has 1 N–H and O–H groups in total. The van der Waals surface area contributed by atoms with Crippen LogP contribution in [0.5, 0.6) is 5.75 Å². The molecular weight excluding hydrogens is 214 g/mol. The van der Waals surface area contributed by atoms with Gasteiger partial charge in [0.1, 0.15) is 5.75 Å². The molecule has 0 heterocycles. The molecule has 0 aliphatic heterocycles. The Labute approximate surface area is 103 Å². The molecule has 1 aromatic carbocycles. The lowest BCUT2D eigenvalue weighted by Gasteiger charge is -2.11. The Morgan fingerprint density at radius 1 is 1.29 bits per heavy atom. The summed E-state index contributed by atoms with van der Waals surface area (Å²) in [5.74, 6) is 1.02. The van der Waals surface area contributed by atoms with Gasteiger partial charge in [-0.15, -0.1) is 0 Å². The summed E-state index contributed by atoms with van der Waals surface area (Å²) in [6.45, 7) is 6.66. The molecule has 0 bridgehead atoms. The topological polar surface area (TPSA) is 38.3 Å².